The molecule has 142 valence electrons. The molecule has 1 aromatic heterocycles. The number of fused-ring (bicyclic) bond motifs is 2. The number of nitrogens with zero attached hydrogens (tertiary/aromatic N) is 4. The summed E-state index contributed by atoms with van der Waals surface area (Å²) in [5, 5.41) is 4.76. The molecule has 0 amide bonds. The maximum absolute atomic E-state index is 13.2. The number of aryl methyl sites for hydroxylation is 1. The minimum atomic E-state index is -0.248. The van der Waals surface area contributed by atoms with Crippen LogP contribution in [0, 0.1) is 6.92 Å². The van der Waals surface area contributed by atoms with Crippen molar-refractivity contribution in [2.24, 2.45) is 0 Å². The first-order chi connectivity index (χ1) is 13.6. The molecule has 28 heavy (non-hydrogen) atoms. The molecule has 2 unspecified atom stereocenters. The van der Waals surface area contributed by atoms with Gasteiger partial charge in [-0.05, 0) is 42.2 Å². The van der Waals surface area contributed by atoms with Crippen LogP contribution in [0.15, 0.2) is 58.2 Å². The summed E-state index contributed by atoms with van der Waals surface area (Å²) >= 11 is 5.06. The molecule has 2 aliphatic rings. The molecule has 5 rings (SSSR count). The highest BCUT2D eigenvalue weighted by molar-refractivity contribution is 9.10. The number of hydrogen-bond donors (Lipinski definition) is 0. The molecule has 3 heterocycles. The zero-order valence-electron chi connectivity index (χ0n) is 15.4. The molecule has 0 spiro atoms. The summed E-state index contributed by atoms with van der Waals surface area (Å²) in [6.45, 7) is 3.59. The first-order valence-corrected chi connectivity index (χ1v) is 11.0. The summed E-state index contributed by atoms with van der Waals surface area (Å²) in [5.74, 6) is 0.661. The Bertz CT molecular complexity index is 1050. The van der Waals surface area contributed by atoms with E-state index in [0.29, 0.717) is 11.0 Å². The van der Waals surface area contributed by atoms with E-state index in [0.717, 1.165) is 29.5 Å². The minimum absolute atomic E-state index is 0.0207. The summed E-state index contributed by atoms with van der Waals surface area (Å²) in [5.41, 5.74) is 3.90. The molecule has 3 aromatic rings. The monoisotopic (exact) mass is 454 g/mol. The largest absolute Gasteiger partial charge is 0.290 e. The Morgan fingerprint density at radius 2 is 1.89 bits per heavy atom. The molecule has 5 nitrogen and oxygen atoms in total. The van der Waals surface area contributed by atoms with Gasteiger partial charge in [0.05, 0.1) is 6.04 Å². The van der Waals surface area contributed by atoms with E-state index in [1.165, 1.54) is 27.6 Å². The van der Waals surface area contributed by atoms with Gasteiger partial charge in [0.2, 0.25) is 0 Å². The Balaban J connectivity index is 1.52. The topological polar surface area (TPSA) is 51.0 Å². The van der Waals surface area contributed by atoms with Crippen molar-refractivity contribution in [3.05, 3.63) is 75.5 Å². The Morgan fingerprint density at radius 1 is 1.14 bits per heavy atom. The number of thioether (sulfide) groups is 1. The number of halogens is 1. The average molecular weight is 455 g/mol. The van der Waals surface area contributed by atoms with Crippen molar-refractivity contribution in [2.45, 2.75) is 36.3 Å². The fraction of sp³-hybridized carbons (Fsp3) is 0.286. The molecule has 2 atom stereocenters. The van der Waals surface area contributed by atoms with E-state index in [1.807, 2.05) is 19.1 Å². The van der Waals surface area contributed by atoms with E-state index < -0.39 is 0 Å². The second kappa shape index (κ2) is 7.13. The molecule has 0 bridgehead atoms. The smallest absolute Gasteiger partial charge is 0.264 e. The van der Waals surface area contributed by atoms with E-state index in [2.05, 4.69) is 67.3 Å². The van der Waals surface area contributed by atoms with E-state index in [4.69, 9.17) is 0 Å². The zero-order chi connectivity index (χ0) is 19.3. The van der Waals surface area contributed by atoms with Crippen molar-refractivity contribution in [3.63, 3.8) is 0 Å². The summed E-state index contributed by atoms with van der Waals surface area (Å²) in [7, 11) is 0. The fourth-order valence-electron chi connectivity index (χ4n) is 4.09. The molecule has 0 saturated heterocycles. The van der Waals surface area contributed by atoms with E-state index in [9.17, 15) is 4.79 Å². The van der Waals surface area contributed by atoms with Gasteiger partial charge in [-0.2, -0.15) is 4.68 Å². The van der Waals surface area contributed by atoms with Crippen LogP contribution in [0.5, 0.6) is 0 Å². The lowest BCUT2D eigenvalue weighted by atomic mass is 9.94. The summed E-state index contributed by atoms with van der Waals surface area (Å²) < 4.78 is 2.52. The third-order valence-electron chi connectivity index (χ3n) is 5.42. The number of carbonyl (C=O) groups excluding carboxylic acids is 1. The number of carbonyl (C=O) groups is 1. The van der Waals surface area contributed by atoms with Gasteiger partial charge in [0.1, 0.15) is 11.1 Å². The van der Waals surface area contributed by atoms with Crippen LogP contribution in [0.2, 0.25) is 0 Å². The van der Waals surface area contributed by atoms with Crippen LogP contribution in [0.25, 0.3) is 0 Å². The highest BCUT2D eigenvalue weighted by Crippen LogP contribution is 2.42. The molecular weight excluding hydrogens is 436 g/mol. The van der Waals surface area contributed by atoms with Gasteiger partial charge < -0.3 is 0 Å². The second-order valence-electron chi connectivity index (χ2n) is 7.22. The van der Waals surface area contributed by atoms with Crippen molar-refractivity contribution in [1.82, 2.24) is 19.7 Å². The van der Waals surface area contributed by atoms with Gasteiger partial charge >= 0.3 is 0 Å². The number of hydrogen-bond acceptors (Lipinski definition) is 5. The first-order valence-electron chi connectivity index (χ1n) is 9.31. The lowest BCUT2D eigenvalue weighted by Gasteiger charge is -2.37. The fourth-order valence-corrected chi connectivity index (χ4v) is 5.66. The normalized spacial score (nSPS) is 20.1. The maximum Gasteiger partial charge on any atom is 0.264 e. The third-order valence-corrected chi connectivity index (χ3v) is 7.14. The quantitative estimate of drug-likeness (QED) is 0.591. The highest BCUT2D eigenvalue weighted by Gasteiger charge is 2.43. The molecule has 2 aliphatic heterocycles. The van der Waals surface area contributed by atoms with Crippen LogP contribution in [0.1, 0.15) is 33.4 Å². The Labute approximate surface area is 176 Å². The van der Waals surface area contributed by atoms with E-state index in [1.54, 1.807) is 0 Å². The predicted octanol–water partition coefficient (Wildman–Crippen LogP) is 4.26. The van der Waals surface area contributed by atoms with Crippen LogP contribution in [0.3, 0.4) is 0 Å². The third kappa shape index (κ3) is 3.11. The van der Waals surface area contributed by atoms with E-state index >= 15 is 0 Å². The number of aromatic nitrogens is 3. The second-order valence-corrected chi connectivity index (χ2v) is 9.24. The molecular formula is C21H19BrN4OS. The van der Waals surface area contributed by atoms with Gasteiger partial charge in [-0.25, -0.2) is 4.98 Å². The molecule has 7 heteroatoms. The highest BCUT2D eigenvalue weighted by atomic mass is 79.9. The maximum atomic E-state index is 13.2. The van der Waals surface area contributed by atoms with Crippen LogP contribution >= 0.6 is 27.7 Å². The zero-order valence-corrected chi connectivity index (χ0v) is 17.8. The molecule has 2 aromatic carbocycles. The SMILES string of the molecule is Cc1nc2n(n1)C(=O)C(C(c1ccc(Br)cc1)N1CCc3ccccc3C1)S2. The summed E-state index contributed by atoms with van der Waals surface area (Å²) in [6.07, 6.45) is 0.997. The van der Waals surface area contributed by atoms with Crippen LogP contribution in [-0.4, -0.2) is 37.4 Å². The Hall–Kier alpha value is -1.96. The molecule has 0 fully saturated rings. The van der Waals surface area contributed by atoms with Crippen LogP contribution in [0.4, 0.5) is 0 Å². The van der Waals surface area contributed by atoms with Gasteiger partial charge in [0, 0.05) is 17.6 Å². The standard InChI is InChI=1S/C21H19BrN4OS/c1-13-23-21-26(24-13)20(27)19(28-21)18(15-6-8-17(22)9-7-15)25-11-10-14-4-2-3-5-16(14)12-25/h2-9,18-19H,10-12H2,1H3. The first kappa shape index (κ1) is 18.1. The van der Waals surface area contributed by atoms with E-state index in [-0.39, 0.29) is 17.2 Å². The lowest BCUT2D eigenvalue weighted by Crippen LogP contribution is -2.41. The van der Waals surface area contributed by atoms with Crippen molar-refractivity contribution in [2.75, 3.05) is 6.54 Å². The van der Waals surface area contributed by atoms with Crippen molar-refractivity contribution in [1.29, 1.82) is 0 Å². The van der Waals surface area contributed by atoms with Crippen LogP contribution < -0.4 is 0 Å². The Morgan fingerprint density at radius 3 is 2.64 bits per heavy atom. The Kier molecular flexibility index (Phi) is 4.61. The summed E-state index contributed by atoms with van der Waals surface area (Å²) in [4.78, 5) is 20.0. The van der Waals surface area contributed by atoms with Crippen molar-refractivity contribution < 1.29 is 4.79 Å². The van der Waals surface area contributed by atoms with Gasteiger partial charge in [-0.3, -0.25) is 9.69 Å². The van der Waals surface area contributed by atoms with Gasteiger partial charge in [0.25, 0.3) is 5.91 Å². The summed E-state index contributed by atoms with van der Waals surface area (Å²) in [6, 6.07) is 16.9. The number of rotatable bonds is 3. The van der Waals surface area contributed by atoms with Crippen LogP contribution in [-0.2, 0) is 13.0 Å². The van der Waals surface area contributed by atoms with Crippen molar-refractivity contribution in [3.8, 4) is 0 Å². The lowest BCUT2D eigenvalue weighted by molar-refractivity contribution is 0.0824. The molecule has 0 N–H and O–H groups in total. The molecule has 0 saturated carbocycles. The van der Waals surface area contributed by atoms with Gasteiger partial charge in [-0.15, -0.1) is 5.10 Å². The molecule has 0 aliphatic carbocycles. The van der Waals surface area contributed by atoms with Gasteiger partial charge in [0.15, 0.2) is 5.16 Å². The molecule has 0 radical (unpaired) electrons. The van der Waals surface area contributed by atoms with Gasteiger partial charge in [-0.1, -0.05) is 64.1 Å². The minimum Gasteiger partial charge on any atom is -0.290 e. The predicted molar refractivity (Wildman–Crippen MR) is 112 cm³/mol. The number of benzene rings is 2. The van der Waals surface area contributed by atoms with Crippen molar-refractivity contribution >= 4 is 33.6 Å². The average Bonchev–Trinajstić information content (AvgIpc) is 3.21.